The van der Waals surface area contributed by atoms with E-state index in [9.17, 15) is 9.59 Å². The number of likely N-dealkylation sites (tertiary alicyclic amines) is 1. The zero-order valence-corrected chi connectivity index (χ0v) is 9.64. The van der Waals surface area contributed by atoms with Gasteiger partial charge in [-0.15, -0.1) is 0 Å². The zero-order chi connectivity index (χ0) is 11.5. The standard InChI is InChI=1S/C10H14ClN3O2/c11-8-7(12-10(16)13-9(8)15)3-6-14-4-1-2-5-14/h1-6H2,(H2,12,13,15,16). The number of nitrogens with one attached hydrogen (secondary N) is 2. The zero-order valence-electron chi connectivity index (χ0n) is 8.88. The molecule has 88 valence electrons. The van der Waals surface area contributed by atoms with Gasteiger partial charge < -0.3 is 9.88 Å². The fourth-order valence-electron chi connectivity index (χ4n) is 1.97. The molecule has 0 saturated carbocycles. The van der Waals surface area contributed by atoms with Crippen LogP contribution in [0.5, 0.6) is 0 Å². The van der Waals surface area contributed by atoms with Gasteiger partial charge in [-0.1, -0.05) is 11.6 Å². The summed E-state index contributed by atoms with van der Waals surface area (Å²) in [6.45, 7) is 3.01. The second-order valence-electron chi connectivity index (χ2n) is 4.00. The minimum Gasteiger partial charge on any atom is -0.310 e. The molecule has 2 rings (SSSR count). The molecule has 0 atom stereocenters. The Labute approximate surface area is 97.4 Å². The molecule has 1 aliphatic heterocycles. The van der Waals surface area contributed by atoms with E-state index in [-0.39, 0.29) is 5.02 Å². The number of halogens is 1. The van der Waals surface area contributed by atoms with Gasteiger partial charge in [-0.25, -0.2) is 4.79 Å². The predicted octanol–water partition coefficient (Wildman–Crippen LogP) is 0.355. The van der Waals surface area contributed by atoms with Gasteiger partial charge in [-0.2, -0.15) is 0 Å². The van der Waals surface area contributed by atoms with Crippen molar-refractivity contribution in [2.45, 2.75) is 19.3 Å². The molecule has 0 bridgehead atoms. The monoisotopic (exact) mass is 243 g/mol. The van der Waals surface area contributed by atoms with Crippen LogP contribution in [0.15, 0.2) is 9.59 Å². The smallest absolute Gasteiger partial charge is 0.310 e. The van der Waals surface area contributed by atoms with Gasteiger partial charge in [0.05, 0.1) is 0 Å². The highest BCUT2D eigenvalue weighted by atomic mass is 35.5. The number of H-pyrrole nitrogens is 2. The largest absolute Gasteiger partial charge is 0.325 e. The van der Waals surface area contributed by atoms with Crippen LogP contribution in [-0.2, 0) is 6.42 Å². The molecule has 0 aromatic carbocycles. The van der Waals surface area contributed by atoms with E-state index in [0.717, 1.165) is 19.6 Å². The summed E-state index contributed by atoms with van der Waals surface area (Å²) >= 11 is 5.82. The average molecular weight is 244 g/mol. The van der Waals surface area contributed by atoms with E-state index < -0.39 is 11.2 Å². The third-order valence-corrected chi connectivity index (χ3v) is 3.23. The van der Waals surface area contributed by atoms with Crippen LogP contribution in [0.4, 0.5) is 0 Å². The number of nitrogens with zero attached hydrogens (tertiary/aromatic N) is 1. The molecule has 16 heavy (non-hydrogen) atoms. The summed E-state index contributed by atoms with van der Waals surface area (Å²) in [5.41, 5.74) is -0.477. The minimum atomic E-state index is -0.512. The summed E-state index contributed by atoms with van der Waals surface area (Å²) in [7, 11) is 0. The molecule has 5 nitrogen and oxygen atoms in total. The lowest BCUT2D eigenvalue weighted by Crippen LogP contribution is -2.28. The van der Waals surface area contributed by atoms with Gasteiger partial charge in [-0.05, 0) is 25.9 Å². The lowest BCUT2D eigenvalue weighted by atomic mass is 10.3. The van der Waals surface area contributed by atoms with Gasteiger partial charge >= 0.3 is 5.69 Å². The molecule has 0 aliphatic carbocycles. The van der Waals surface area contributed by atoms with Crippen LogP contribution < -0.4 is 11.2 Å². The topological polar surface area (TPSA) is 69.0 Å². The lowest BCUT2D eigenvalue weighted by Gasteiger charge is -2.14. The first-order chi connectivity index (χ1) is 7.66. The minimum absolute atomic E-state index is 0.0961. The molecule has 0 radical (unpaired) electrons. The molecule has 1 fully saturated rings. The van der Waals surface area contributed by atoms with Crippen LogP contribution >= 0.6 is 11.6 Å². The molecule has 0 amide bonds. The van der Waals surface area contributed by atoms with Gasteiger partial charge in [0.2, 0.25) is 0 Å². The van der Waals surface area contributed by atoms with Crippen LogP contribution in [0.3, 0.4) is 0 Å². The molecule has 1 aromatic rings. The Kier molecular flexibility index (Phi) is 3.46. The molecule has 0 spiro atoms. The van der Waals surface area contributed by atoms with Crippen LogP contribution in [0.25, 0.3) is 0 Å². The maximum atomic E-state index is 11.2. The van der Waals surface area contributed by atoms with Gasteiger partial charge in [0.15, 0.2) is 0 Å². The highest BCUT2D eigenvalue weighted by Crippen LogP contribution is 2.10. The fraction of sp³-hybridized carbons (Fsp3) is 0.600. The first-order valence-electron chi connectivity index (χ1n) is 5.40. The lowest BCUT2D eigenvalue weighted by molar-refractivity contribution is 0.342. The summed E-state index contributed by atoms with van der Waals surface area (Å²) in [5, 5.41) is 0.0961. The Bertz CT molecular complexity index is 474. The maximum absolute atomic E-state index is 11.2. The number of rotatable bonds is 3. The molecular formula is C10H14ClN3O2. The second-order valence-corrected chi connectivity index (χ2v) is 4.38. The van der Waals surface area contributed by atoms with Crippen molar-refractivity contribution >= 4 is 11.6 Å². The van der Waals surface area contributed by atoms with Gasteiger partial charge in [0.25, 0.3) is 5.56 Å². The molecule has 2 heterocycles. The maximum Gasteiger partial charge on any atom is 0.325 e. The molecule has 1 aliphatic rings. The van der Waals surface area contributed by atoms with Crippen molar-refractivity contribution in [3.63, 3.8) is 0 Å². The van der Waals surface area contributed by atoms with Gasteiger partial charge in [0.1, 0.15) is 5.02 Å². The van der Waals surface area contributed by atoms with E-state index in [0.29, 0.717) is 12.1 Å². The average Bonchev–Trinajstić information content (AvgIpc) is 2.74. The summed E-state index contributed by atoms with van der Waals surface area (Å²) in [6.07, 6.45) is 3.05. The van der Waals surface area contributed by atoms with E-state index in [1.807, 2.05) is 0 Å². The molecule has 6 heteroatoms. The first kappa shape index (κ1) is 11.4. The molecular weight excluding hydrogens is 230 g/mol. The van der Waals surface area contributed by atoms with E-state index >= 15 is 0 Å². The Morgan fingerprint density at radius 2 is 1.88 bits per heavy atom. The molecule has 2 N–H and O–H groups in total. The third kappa shape index (κ3) is 2.54. The number of hydrogen-bond acceptors (Lipinski definition) is 3. The summed E-state index contributed by atoms with van der Waals surface area (Å²) in [5.74, 6) is 0. The number of aromatic amines is 2. The Hall–Kier alpha value is -1.07. The van der Waals surface area contributed by atoms with Crippen LogP contribution in [0.2, 0.25) is 5.02 Å². The summed E-state index contributed by atoms with van der Waals surface area (Å²) in [6, 6.07) is 0. The summed E-state index contributed by atoms with van der Waals surface area (Å²) < 4.78 is 0. The Morgan fingerprint density at radius 3 is 2.56 bits per heavy atom. The fourth-order valence-corrected chi connectivity index (χ4v) is 2.16. The number of hydrogen-bond donors (Lipinski definition) is 2. The van der Waals surface area contributed by atoms with Crippen LogP contribution in [0.1, 0.15) is 18.5 Å². The predicted molar refractivity (Wildman–Crippen MR) is 62.1 cm³/mol. The first-order valence-corrected chi connectivity index (χ1v) is 5.78. The Morgan fingerprint density at radius 1 is 1.19 bits per heavy atom. The van der Waals surface area contributed by atoms with Gasteiger partial charge in [-0.3, -0.25) is 9.78 Å². The molecule has 1 aromatic heterocycles. The molecule has 0 unspecified atom stereocenters. The SMILES string of the molecule is O=c1[nH]c(CCN2CCCC2)c(Cl)c(=O)[nH]1. The van der Waals surface area contributed by atoms with E-state index in [2.05, 4.69) is 14.9 Å². The highest BCUT2D eigenvalue weighted by molar-refractivity contribution is 6.30. The van der Waals surface area contributed by atoms with E-state index in [1.165, 1.54) is 12.8 Å². The van der Waals surface area contributed by atoms with Crippen molar-refractivity contribution in [1.82, 2.24) is 14.9 Å². The third-order valence-electron chi connectivity index (χ3n) is 2.83. The summed E-state index contributed by atoms with van der Waals surface area (Å²) in [4.78, 5) is 29.3. The van der Waals surface area contributed by atoms with Crippen LogP contribution in [0, 0.1) is 0 Å². The van der Waals surface area contributed by atoms with Crippen molar-refractivity contribution in [3.8, 4) is 0 Å². The highest BCUT2D eigenvalue weighted by Gasteiger charge is 2.13. The quantitative estimate of drug-likeness (QED) is 0.805. The van der Waals surface area contributed by atoms with E-state index in [4.69, 9.17) is 11.6 Å². The van der Waals surface area contributed by atoms with Gasteiger partial charge in [0, 0.05) is 18.7 Å². The van der Waals surface area contributed by atoms with Crippen LogP contribution in [-0.4, -0.2) is 34.5 Å². The van der Waals surface area contributed by atoms with E-state index in [1.54, 1.807) is 0 Å². The van der Waals surface area contributed by atoms with Crippen molar-refractivity contribution in [2.75, 3.05) is 19.6 Å². The molecule has 1 saturated heterocycles. The number of aromatic nitrogens is 2. The van der Waals surface area contributed by atoms with Crippen molar-refractivity contribution in [2.24, 2.45) is 0 Å². The Balaban J connectivity index is 2.08. The van der Waals surface area contributed by atoms with Crippen molar-refractivity contribution in [3.05, 3.63) is 31.6 Å². The van der Waals surface area contributed by atoms with Crippen molar-refractivity contribution in [1.29, 1.82) is 0 Å². The normalized spacial score (nSPS) is 16.8. The second kappa shape index (κ2) is 4.84. The van der Waals surface area contributed by atoms with Crippen molar-refractivity contribution < 1.29 is 0 Å².